The van der Waals surface area contributed by atoms with Crippen molar-refractivity contribution in [3.05, 3.63) is 22.6 Å². The van der Waals surface area contributed by atoms with Gasteiger partial charge >= 0.3 is 5.82 Å². The minimum absolute atomic E-state index is 0.0595. The van der Waals surface area contributed by atoms with E-state index in [9.17, 15) is 14.9 Å². The summed E-state index contributed by atoms with van der Waals surface area (Å²) < 4.78 is 1.54. The largest absolute Gasteiger partial charge is 0.381 e. The average molecular weight is 240 g/mol. The number of imidazole rings is 1. The summed E-state index contributed by atoms with van der Waals surface area (Å²) in [6.45, 7) is 4.31. The SMILES string of the molecule is CCC(C)NC(=O)CCn1cnc([N+](=O)[O-])c1. The van der Waals surface area contributed by atoms with E-state index in [1.165, 1.54) is 17.1 Å². The summed E-state index contributed by atoms with van der Waals surface area (Å²) in [7, 11) is 0. The molecule has 17 heavy (non-hydrogen) atoms. The summed E-state index contributed by atoms with van der Waals surface area (Å²) in [6, 6.07) is 0.152. The van der Waals surface area contributed by atoms with E-state index in [0.717, 1.165) is 6.42 Å². The second-order valence-electron chi connectivity index (χ2n) is 3.85. The van der Waals surface area contributed by atoms with Crippen LogP contribution in [0.2, 0.25) is 0 Å². The Labute approximate surface area is 99.0 Å². The molecule has 1 rings (SSSR count). The van der Waals surface area contributed by atoms with Crippen LogP contribution in [-0.4, -0.2) is 26.4 Å². The molecule has 0 aliphatic carbocycles. The van der Waals surface area contributed by atoms with Crippen LogP contribution in [0.15, 0.2) is 12.5 Å². The molecular weight excluding hydrogens is 224 g/mol. The molecule has 7 nitrogen and oxygen atoms in total. The number of nitrogens with one attached hydrogen (secondary N) is 1. The van der Waals surface area contributed by atoms with Crippen LogP contribution in [-0.2, 0) is 11.3 Å². The highest BCUT2D eigenvalue weighted by Gasteiger charge is 2.11. The lowest BCUT2D eigenvalue weighted by Crippen LogP contribution is -2.32. The van der Waals surface area contributed by atoms with Gasteiger partial charge < -0.3 is 20.0 Å². The topological polar surface area (TPSA) is 90.1 Å². The minimum atomic E-state index is -0.560. The second-order valence-corrected chi connectivity index (χ2v) is 3.85. The minimum Gasteiger partial charge on any atom is -0.358 e. The van der Waals surface area contributed by atoms with Crippen molar-refractivity contribution < 1.29 is 9.72 Å². The van der Waals surface area contributed by atoms with Gasteiger partial charge in [0.05, 0.1) is 0 Å². The number of hydrogen-bond acceptors (Lipinski definition) is 4. The van der Waals surface area contributed by atoms with Gasteiger partial charge in [-0.2, -0.15) is 0 Å². The number of hydrogen-bond donors (Lipinski definition) is 1. The van der Waals surface area contributed by atoms with Crippen LogP contribution in [0.3, 0.4) is 0 Å². The molecule has 1 N–H and O–H groups in total. The molecule has 0 radical (unpaired) electrons. The Kier molecular flexibility index (Phi) is 4.62. The molecule has 1 unspecified atom stereocenters. The number of aryl methyl sites for hydroxylation is 1. The van der Waals surface area contributed by atoms with Gasteiger partial charge in [0.25, 0.3) is 0 Å². The molecular formula is C10H16N4O3. The predicted octanol–water partition coefficient (Wildman–Crippen LogP) is 1.10. The van der Waals surface area contributed by atoms with Gasteiger partial charge in [-0.15, -0.1) is 0 Å². The molecule has 1 amide bonds. The monoisotopic (exact) mass is 240 g/mol. The van der Waals surface area contributed by atoms with Gasteiger partial charge in [0, 0.05) is 19.0 Å². The standard InChI is InChI=1S/C10H16N4O3/c1-3-8(2)12-10(15)4-5-13-6-9(11-7-13)14(16)17/h6-8H,3-5H2,1-2H3,(H,12,15). The molecule has 0 bridgehead atoms. The number of aromatic nitrogens is 2. The fraction of sp³-hybridized carbons (Fsp3) is 0.600. The van der Waals surface area contributed by atoms with Gasteiger partial charge in [-0.3, -0.25) is 4.79 Å². The summed E-state index contributed by atoms with van der Waals surface area (Å²) in [5.41, 5.74) is 0. The second kappa shape index (κ2) is 5.97. The number of amides is 1. The van der Waals surface area contributed by atoms with Crippen LogP contribution < -0.4 is 5.32 Å². The number of nitro groups is 1. The summed E-state index contributed by atoms with van der Waals surface area (Å²) in [5.74, 6) is -0.261. The normalized spacial score (nSPS) is 12.1. The van der Waals surface area contributed by atoms with Gasteiger partial charge in [0.2, 0.25) is 12.2 Å². The molecule has 1 aromatic rings. The van der Waals surface area contributed by atoms with Gasteiger partial charge in [-0.25, -0.2) is 0 Å². The highest BCUT2D eigenvalue weighted by molar-refractivity contribution is 5.76. The number of rotatable bonds is 6. The molecule has 1 heterocycles. The number of carbonyl (C=O) groups is 1. The van der Waals surface area contributed by atoms with Crippen LogP contribution in [0.4, 0.5) is 5.82 Å². The lowest BCUT2D eigenvalue weighted by molar-refractivity contribution is -0.389. The van der Waals surface area contributed by atoms with Crippen molar-refractivity contribution in [2.24, 2.45) is 0 Å². The third-order valence-electron chi connectivity index (χ3n) is 2.42. The zero-order valence-corrected chi connectivity index (χ0v) is 9.92. The fourth-order valence-electron chi connectivity index (χ4n) is 1.24. The molecule has 0 aliphatic rings. The van der Waals surface area contributed by atoms with Crippen molar-refractivity contribution in [2.75, 3.05) is 0 Å². The Bertz CT molecular complexity index is 402. The Hall–Kier alpha value is -1.92. The molecule has 0 saturated heterocycles. The Morgan fingerprint density at radius 1 is 1.71 bits per heavy atom. The molecule has 0 spiro atoms. The third-order valence-corrected chi connectivity index (χ3v) is 2.42. The van der Waals surface area contributed by atoms with Crippen molar-refractivity contribution >= 4 is 11.7 Å². The lowest BCUT2D eigenvalue weighted by atomic mass is 10.2. The van der Waals surface area contributed by atoms with Gasteiger partial charge in [0.15, 0.2) is 0 Å². The van der Waals surface area contributed by atoms with Gasteiger partial charge in [-0.05, 0) is 23.3 Å². The van der Waals surface area contributed by atoms with E-state index in [4.69, 9.17) is 0 Å². The average Bonchev–Trinajstić information content (AvgIpc) is 2.75. The zero-order valence-electron chi connectivity index (χ0n) is 9.92. The van der Waals surface area contributed by atoms with Gasteiger partial charge in [0.1, 0.15) is 6.20 Å². The van der Waals surface area contributed by atoms with Crippen molar-refractivity contribution in [2.45, 2.75) is 39.3 Å². The van der Waals surface area contributed by atoms with Crippen molar-refractivity contribution in [1.29, 1.82) is 0 Å². The Morgan fingerprint density at radius 2 is 2.41 bits per heavy atom. The summed E-state index contributed by atoms with van der Waals surface area (Å²) >= 11 is 0. The smallest absolute Gasteiger partial charge is 0.358 e. The molecule has 7 heteroatoms. The van der Waals surface area contributed by atoms with E-state index in [0.29, 0.717) is 6.54 Å². The number of carbonyl (C=O) groups excluding carboxylic acids is 1. The van der Waals surface area contributed by atoms with Crippen molar-refractivity contribution in [3.63, 3.8) is 0 Å². The predicted molar refractivity (Wildman–Crippen MR) is 61.4 cm³/mol. The van der Waals surface area contributed by atoms with E-state index < -0.39 is 4.92 Å². The fourth-order valence-corrected chi connectivity index (χ4v) is 1.24. The van der Waals surface area contributed by atoms with Crippen molar-refractivity contribution in [3.8, 4) is 0 Å². The van der Waals surface area contributed by atoms with E-state index in [2.05, 4.69) is 10.3 Å². The van der Waals surface area contributed by atoms with Crippen LogP contribution >= 0.6 is 0 Å². The van der Waals surface area contributed by atoms with Crippen LogP contribution in [0.5, 0.6) is 0 Å². The van der Waals surface area contributed by atoms with E-state index in [1.807, 2.05) is 13.8 Å². The Morgan fingerprint density at radius 3 is 2.94 bits per heavy atom. The van der Waals surface area contributed by atoms with Gasteiger partial charge in [-0.1, -0.05) is 6.92 Å². The van der Waals surface area contributed by atoms with Crippen LogP contribution in [0.1, 0.15) is 26.7 Å². The van der Waals surface area contributed by atoms with Crippen molar-refractivity contribution in [1.82, 2.24) is 14.9 Å². The molecule has 0 aliphatic heterocycles. The first-order valence-corrected chi connectivity index (χ1v) is 5.48. The highest BCUT2D eigenvalue weighted by Crippen LogP contribution is 2.06. The molecule has 0 fully saturated rings. The maximum absolute atomic E-state index is 11.4. The van der Waals surface area contributed by atoms with Crippen LogP contribution in [0.25, 0.3) is 0 Å². The summed E-state index contributed by atoms with van der Waals surface area (Å²) in [6.07, 6.45) is 3.84. The lowest BCUT2D eigenvalue weighted by Gasteiger charge is -2.10. The van der Waals surface area contributed by atoms with E-state index in [-0.39, 0.29) is 24.2 Å². The molecule has 1 atom stereocenters. The molecule has 94 valence electrons. The third kappa shape index (κ3) is 4.21. The first kappa shape index (κ1) is 13.1. The maximum atomic E-state index is 11.4. The zero-order chi connectivity index (χ0) is 12.8. The Balaban J connectivity index is 2.39. The quantitative estimate of drug-likeness (QED) is 0.595. The highest BCUT2D eigenvalue weighted by atomic mass is 16.6. The van der Waals surface area contributed by atoms with E-state index in [1.54, 1.807) is 0 Å². The first-order valence-electron chi connectivity index (χ1n) is 5.48. The number of nitrogens with zero attached hydrogens (tertiary/aromatic N) is 3. The molecule has 0 aromatic carbocycles. The molecule has 0 saturated carbocycles. The first-order chi connectivity index (χ1) is 8.02. The van der Waals surface area contributed by atoms with E-state index >= 15 is 0 Å². The maximum Gasteiger partial charge on any atom is 0.381 e. The summed E-state index contributed by atoms with van der Waals surface area (Å²) in [4.78, 5) is 24.9. The molecule has 1 aromatic heterocycles. The van der Waals surface area contributed by atoms with Crippen LogP contribution in [0, 0.1) is 10.1 Å². The summed E-state index contributed by atoms with van der Waals surface area (Å²) in [5, 5.41) is 13.2.